The quantitative estimate of drug-likeness (QED) is 0.174. The fourth-order valence-corrected chi connectivity index (χ4v) is 10.0. The van der Waals surface area contributed by atoms with Crippen LogP contribution in [-0.2, 0) is 16.4 Å². The standard InChI is InChI=1S/C45H44N3/c1-7-24-45(9-3)44(6,8-2)36-21-19-30(28-35(36)40-32-15-11-10-14-29(32)23-26-47(40)45)31-20-22-38-34(27-31)33-16-12-17-37-41(33)48(38)39-18-13-25-46-42(39)43(37,4)5/h10-23,25-28H,7-9,24H2,1-6H3/q+1. The molecule has 0 spiro atoms. The van der Waals surface area contributed by atoms with Crippen LogP contribution < -0.4 is 4.57 Å². The lowest BCUT2D eigenvalue weighted by Crippen LogP contribution is -2.69. The second-order valence-corrected chi connectivity index (χ2v) is 15.0. The van der Waals surface area contributed by atoms with Crippen LogP contribution in [0.2, 0.25) is 0 Å². The first-order valence-corrected chi connectivity index (χ1v) is 17.9. The van der Waals surface area contributed by atoms with E-state index in [0.29, 0.717) is 0 Å². The third-order valence-electron chi connectivity index (χ3n) is 12.6. The fraction of sp³-hybridized carbons (Fsp3) is 0.289. The number of hydrogen-bond acceptors (Lipinski definition) is 1. The van der Waals surface area contributed by atoms with Crippen LogP contribution in [0, 0.1) is 0 Å². The zero-order valence-corrected chi connectivity index (χ0v) is 29.1. The lowest BCUT2D eigenvalue weighted by atomic mass is 9.58. The van der Waals surface area contributed by atoms with E-state index in [0.717, 1.165) is 31.4 Å². The van der Waals surface area contributed by atoms with Gasteiger partial charge in [-0.3, -0.25) is 4.98 Å². The van der Waals surface area contributed by atoms with Crippen LogP contribution in [0.15, 0.2) is 109 Å². The SMILES string of the molecule is CCCC1(CC)[n+]2ccc3ccccc3c2-c2cc(-c3ccc4c(c3)c3cccc5c3n4-c3cccnc3C5(C)C)ccc2C1(C)CC. The molecule has 0 amide bonds. The molecule has 0 saturated heterocycles. The van der Waals surface area contributed by atoms with E-state index in [-0.39, 0.29) is 16.4 Å². The molecule has 0 N–H and O–H groups in total. The van der Waals surface area contributed by atoms with Crippen LogP contribution in [0.5, 0.6) is 0 Å². The van der Waals surface area contributed by atoms with E-state index in [1.54, 1.807) is 0 Å². The van der Waals surface area contributed by atoms with Gasteiger partial charge in [0.1, 0.15) is 0 Å². The maximum absolute atomic E-state index is 4.91. The van der Waals surface area contributed by atoms with Crippen LogP contribution >= 0.6 is 0 Å². The Bertz CT molecular complexity index is 2450. The normalized spacial score (nSPS) is 20.5. The van der Waals surface area contributed by atoms with Crippen molar-refractivity contribution in [2.24, 2.45) is 0 Å². The third kappa shape index (κ3) is 3.55. The molecule has 2 atom stereocenters. The molecule has 7 aromatic rings. The van der Waals surface area contributed by atoms with Crippen LogP contribution in [0.4, 0.5) is 0 Å². The Morgan fingerprint density at radius 1 is 0.708 bits per heavy atom. The largest absolute Gasteiger partial charge is 0.307 e. The molecule has 48 heavy (non-hydrogen) atoms. The summed E-state index contributed by atoms with van der Waals surface area (Å²) in [7, 11) is 0. The second-order valence-electron chi connectivity index (χ2n) is 15.0. The average Bonchev–Trinajstić information content (AvgIpc) is 3.46. The molecule has 0 saturated carbocycles. The van der Waals surface area contributed by atoms with Crippen molar-refractivity contribution < 1.29 is 4.57 Å². The maximum atomic E-state index is 4.91. The minimum Gasteiger partial charge on any atom is -0.307 e. The zero-order valence-electron chi connectivity index (χ0n) is 29.1. The van der Waals surface area contributed by atoms with Crippen molar-refractivity contribution in [1.29, 1.82) is 0 Å². The molecule has 2 aliphatic heterocycles. The van der Waals surface area contributed by atoms with Gasteiger partial charge in [0.2, 0.25) is 5.69 Å². The molecule has 238 valence electrons. The summed E-state index contributed by atoms with van der Waals surface area (Å²) >= 11 is 0. The second kappa shape index (κ2) is 10.1. The Morgan fingerprint density at radius 3 is 2.31 bits per heavy atom. The molecule has 4 aromatic carbocycles. The molecular weight excluding hydrogens is 583 g/mol. The lowest BCUT2D eigenvalue weighted by molar-refractivity contribution is -0.769. The first-order chi connectivity index (χ1) is 23.3. The molecule has 0 bridgehead atoms. The van der Waals surface area contributed by atoms with Crippen LogP contribution in [-0.4, -0.2) is 9.55 Å². The molecule has 0 fully saturated rings. The van der Waals surface area contributed by atoms with E-state index in [4.69, 9.17) is 4.98 Å². The molecular formula is C45H44N3+. The Hall–Kier alpha value is -4.76. The van der Waals surface area contributed by atoms with Crippen molar-refractivity contribution in [3.63, 3.8) is 0 Å². The van der Waals surface area contributed by atoms with Gasteiger partial charge in [0.05, 0.1) is 38.8 Å². The average molecular weight is 627 g/mol. The van der Waals surface area contributed by atoms with Gasteiger partial charge in [0.25, 0.3) is 0 Å². The van der Waals surface area contributed by atoms with E-state index in [9.17, 15) is 0 Å². The summed E-state index contributed by atoms with van der Waals surface area (Å²) in [6.07, 6.45) is 8.83. The van der Waals surface area contributed by atoms with Crippen LogP contribution in [0.25, 0.3) is 60.6 Å². The zero-order chi connectivity index (χ0) is 33.0. The highest BCUT2D eigenvalue weighted by Crippen LogP contribution is 2.54. The first kappa shape index (κ1) is 29.4. The summed E-state index contributed by atoms with van der Waals surface area (Å²) < 4.78 is 5.14. The molecule has 0 aliphatic carbocycles. The minimum absolute atomic E-state index is 0.00298. The molecule has 0 radical (unpaired) electrons. The highest BCUT2D eigenvalue weighted by Gasteiger charge is 2.59. The van der Waals surface area contributed by atoms with E-state index in [1.165, 1.54) is 71.8 Å². The van der Waals surface area contributed by atoms with E-state index < -0.39 is 0 Å². The number of aromatic nitrogens is 3. The Labute approximate surface area is 283 Å². The maximum Gasteiger partial charge on any atom is 0.221 e. The van der Waals surface area contributed by atoms with Gasteiger partial charge in [-0.2, -0.15) is 4.57 Å². The van der Waals surface area contributed by atoms with Gasteiger partial charge in [-0.05, 0) is 97.7 Å². The van der Waals surface area contributed by atoms with Gasteiger partial charge < -0.3 is 4.57 Å². The summed E-state index contributed by atoms with van der Waals surface area (Å²) in [4.78, 5) is 4.91. The van der Waals surface area contributed by atoms with E-state index in [1.807, 2.05) is 6.20 Å². The summed E-state index contributed by atoms with van der Waals surface area (Å²) in [6, 6.07) is 36.9. The summed E-state index contributed by atoms with van der Waals surface area (Å²) in [5, 5.41) is 5.24. The van der Waals surface area contributed by atoms with Crippen molar-refractivity contribution in [2.75, 3.05) is 0 Å². The van der Waals surface area contributed by atoms with E-state index >= 15 is 0 Å². The van der Waals surface area contributed by atoms with Crippen molar-refractivity contribution in [3.05, 3.63) is 126 Å². The van der Waals surface area contributed by atoms with E-state index in [2.05, 4.69) is 154 Å². The Balaban J connectivity index is 1.31. The summed E-state index contributed by atoms with van der Waals surface area (Å²) in [5.41, 5.74) is 12.8. The number of fused-ring (bicyclic) bond motifs is 10. The van der Waals surface area contributed by atoms with Crippen molar-refractivity contribution in [3.8, 4) is 28.1 Å². The smallest absolute Gasteiger partial charge is 0.221 e. The predicted molar refractivity (Wildman–Crippen MR) is 200 cm³/mol. The number of hydrogen-bond donors (Lipinski definition) is 0. The third-order valence-corrected chi connectivity index (χ3v) is 12.6. The van der Waals surface area contributed by atoms with Gasteiger partial charge >= 0.3 is 0 Å². The first-order valence-electron chi connectivity index (χ1n) is 17.9. The number of rotatable bonds is 5. The lowest BCUT2D eigenvalue weighted by Gasteiger charge is -2.48. The minimum atomic E-state index is -0.174. The molecule has 5 heterocycles. The topological polar surface area (TPSA) is 21.7 Å². The molecule has 9 rings (SSSR count). The highest BCUT2D eigenvalue weighted by atomic mass is 15.1. The van der Waals surface area contributed by atoms with Gasteiger partial charge in [0.15, 0.2) is 11.7 Å². The van der Waals surface area contributed by atoms with Gasteiger partial charge in [-0.25, -0.2) is 0 Å². The molecule has 3 nitrogen and oxygen atoms in total. The Kier molecular flexibility index (Phi) is 6.20. The monoisotopic (exact) mass is 626 g/mol. The van der Waals surface area contributed by atoms with Crippen LogP contribution in [0.3, 0.4) is 0 Å². The number of para-hydroxylation sites is 1. The fourth-order valence-electron chi connectivity index (χ4n) is 10.0. The van der Waals surface area contributed by atoms with Gasteiger partial charge in [-0.1, -0.05) is 75.4 Å². The molecule has 3 aromatic heterocycles. The molecule has 2 aliphatic rings. The number of benzene rings is 4. The molecule has 2 unspecified atom stereocenters. The predicted octanol–water partition coefficient (Wildman–Crippen LogP) is 11.2. The summed E-state index contributed by atoms with van der Waals surface area (Å²) in [5.74, 6) is 0. The van der Waals surface area contributed by atoms with Crippen molar-refractivity contribution >= 4 is 32.6 Å². The van der Waals surface area contributed by atoms with Crippen molar-refractivity contribution in [2.45, 2.75) is 83.6 Å². The Morgan fingerprint density at radius 2 is 1.50 bits per heavy atom. The van der Waals surface area contributed by atoms with Crippen molar-refractivity contribution in [1.82, 2.24) is 9.55 Å². The van der Waals surface area contributed by atoms with Crippen LogP contribution in [0.1, 0.15) is 84.0 Å². The molecule has 3 heteroatoms. The summed E-state index contributed by atoms with van der Waals surface area (Å²) in [6.45, 7) is 14.3. The number of nitrogens with zero attached hydrogens (tertiary/aromatic N) is 3. The van der Waals surface area contributed by atoms with Gasteiger partial charge in [0, 0.05) is 41.3 Å². The van der Waals surface area contributed by atoms with Gasteiger partial charge in [-0.15, -0.1) is 0 Å². The highest BCUT2D eigenvalue weighted by molar-refractivity contribution is 6.12. The number of pyridine rings is 2.